The number of benzene rings is 1. The second-order valence-corrected chi connectivity index (χ2v) is 6.92. The summed E-state index contributed by atoms with van der Waals surface area (Å²) < 4.78 is 16.8. The number of carbonyl (C=O) groups is 1. The predicted molar refractivity (Wildman–Crippen MR) is 97.1 cm³/mol. The number of piperidine rings is 1. The fourth-order valence-electron chi connectivity index (χ4n) is 3.44. The van der Waals surface area contributed by atoms with Gasteiger partial charge in [-0.25, -0.2) is 0 Å². The molecule has 0 bridgehead atoms. The lowest BCUT2D eigenvalue weighted by Crippen LogP contribution is -2.42. The summed E-state index contributed by atoms with van der Waals surface area (Å²) >= 11 is 0. The van der Waals surface area contributed by atoms with Gasteiger partial charge in [-0.15, -0.1) is 0 Å². The van der Waals surface area contributed by atoms with Crippen LogP contribution in [0.2, 0.25) is 0 Å². The number of hydrogen-bond acceptors (Lipinski definition) is 6. The van der Waals surface area contributed by atoms with Gasteiger partial charge in [0.15, 0.2) is 6.29 Å². The highest BCUT2D eigenvalue weighted by atomic mass is 16.7. The Kier molecular flexibility index (Phi) is 6.85. The maximum atomic E-state index is 11.0. The Bertz CT molecular complexity index is 566. The number of aliphatic hydroxyl groups excluding tert-OH is 1. The van der Waals surface area contributed by atoms with Crippen molar-refractivity contribution in [2.45, 2.75) is 32.2 Å². The maximum Gasteiger partial charge on any atom is 0.221 e. The Morgan fingerprint density at radius 2 is 1.92 bits per heavy atom. The zero-order valence-corrected chi connectivity index (χ0v) is 15.2. The summed E-state index contributed by atoms with van der Waals surface area (Å²) in [4.78, 5) is 13.3. The van der Waals surface area contributed by atoms with Gasteiger partial charge in [-0.1, -0.05) is 0 Å². The highest BCUT2D eigenvalue weighted by Gasteiger charge is 2.30. The quantitative estimate of drug-likeness (QED) is 0.763. The third kappa shape index (κ3) is 5.67. The van der Waals surface area contributed by atoms with Crippen LogP contribution in [-0.4, -0.2) is 67.8 Å². The fourth-order valence-corrected chi connectivity index (χ4v) is 3.44. The molecule has 1 amide bonds. The van der Waals surface area contributed by atoms with E-state index in [1.807, 2.05) is 0 Å². The van der Waals surface area contributed by atoms with Crippen LogP contribution in [0.15, 0.2) is 24.3 Å². The molecule has 7 heteroatoms. The summed E-state index contributed by atoms with van der Waals surface area (Å²) in [6.07, 6.45) is 1.48. The maximum absolute atomic E-state index is 11.0. The lowest BCUT2D eigenvalue weighted by atomic mass is 9.96. The summed E-state index contributed by atoms with van der Waals surface area (Å²) in [5.41, 5.74) is 0.725. The standard InChI is InChI=1S/C19H28N2O5/c1-14(22)20-16-2-4-18(5-3-16)26-13-17(23)12-21-8-6-15(7-9-21)19-24-10-11-25-19/h2-5,15,17,19,23H,6-13H2,1H3,(H,20,22). The first-order chi connectivity index (χ1) is 12.6. The average Bonchev–Trinajstić information content (AvgIpc) is 3.16. The smallest absolute Gasteiger partial charge is 0.221 e. The van der Waals surface area contributed by atoms with Gasteiger partial charge >= 0.3 is 0 Å². The molecule has 0 saturated carbocycles. The monoisotopic (exact) mass is 364 g/mol. The highest BCUT2D eigenvalue weighted by Crippen LogP contribution is 2.25. The predicted octanol–water partition coefficient (Wildman–Crippen LogP) is 1.47. The Hall–Kier alpha value is -1.67. The molecule has 2 saturated heterocycles. The minimum atomic E-state index is -0.541. The summed E-state index contributed by atoms with van der Waals surface area (Å²) in [6, 6.07) is 7.12. The molecule has 2 fully saturated rings. The molecule has 2 N–H and O–H groups in total. The van der Waals surface area contributed by atoms with Crippen molar-refractivity contribution in [2.24, 2.45) is 5.92 Å². The second kappa shape index (κ2) is 9.32. The van der Waals surface area contributed by atoms with Crippen molar-refractivity contribution in [3.63, 3.8) is 0 Å². The van der Waals surface area contributed by atoms with Crippen LogP contribution >= 0.6 is 0 Å². The molecular weight excluding hydrogens is 336 g/mol. The Labute approximate surface area is 154 Å². The molecular formula is C19H28N2O5. The molecule has 26 heavy (non-hydrogen) atoms. The van der Waals surface area contributed by atoms with E-state index in [2.05, 4.69) is 10.2 Å². The number of rotatable bonds is 7. The van der Waals surface area contributed by atoms with Gasteiger partial charge in [0.1, 0.15) is 18.5 Å². The van der Waals surface area contributed by atoms with Crippen LogP contribution in [0.3, 0.4) is 0 Å². The first-order valence-electron chi connectivity index (χ1n) is 9.24. The number of hydrogen-bond donors (Lipinski definition) is 2. The van der Waals surface area contributed by atoms with E-state index in [1.54, 1.807) is 24.3 Å². The zero-order chi connectivity index (χ0) is 18.4. The third-order valence-electron chi connectivity index (χ3n) is 4.75. The number of carbonyl (C=O) groups excluding carboxylic acids is 1. The van der Waals surface area contributed by atoms with Crippen LogP contribution in [-0.2, 0) is 14.3 Å². The first kappa shape index (κ1) is 19.1. The van der Waals surface area contributed by atoms with Crippen molar-refractivity contribution in [3.8, 4) is 5.75 Å². The van der Waals surface area contributed by atoms with Gasteiger partial charge in [-0.3, -0.25) is 4.79 Å². The average molecular weight is 364 g/mol. The number of amides is 1. The molecule has 1 atom stereocenters. The van der Waals surface area contributed by atoms with Crippen molar-refractivity contribution in [1.82, 2.24) is 4.90 Å². The summed E-state index contributed by atoms with van der Waals surface area (Å²) in [6.45, 7) is 5.60. The van der Waals surface area contributed by atoms with Crippen LogP contribution in [0.4, 0.5) is 5.69 Å². The molecule has 3 rings (SSSR count). The lowest BCUT2D eigenvalue weighted by molar-refractivity contribution is -0.114. The van der Waals surface area contributed by atoms with Gasteiger partial charge in [0.05, 0.1) is 13.2 Å². The van der Waals surface area contributed by atoms with Gasteiger partial charge in [0, 0.05) is 25.1 Å². The molecule has 0 radical (unpaired) electrons. The van der Waals surface area contributed by atoms with E-state index in [9.17, 15) is 9.90 Å². The SMILES string of the molecule is CC(=O)Nc1ccc(OCC(O)CN2CCC(C3OCCO3)CC2)cc1. The van der Waals surface area contributed by atoms with Gasteiger partial charge in [0.2, 0.25) is 5.91 Å². The summed E-state index contributed by atoms with van der Waals surface area (Å²) in [7, 11) is 0. The molecule has 0 spiro atoms. The van der Waals surface area contributed by atoms with E-state index in [-0.39, 0.29) is 18.8 Å². The molecule has 7 nitrogen and oxygen atoms in total. The van der Waals surface area contributed by atoms with Crippen LogP contribution in [0.5, 0.6) is 5.75 Å². The molecule has 1 unspecified atom stereocenters. The highest BCUT2D eigenvalue weighted by molar-refractivity contribution is 5.88. The fraction of sp³-hybridized carbons (Fsp3) is 0.632. The molecule has 0 aliphatic carbocycles. The van der Waals surface area contributed by atoms with E-state index in [0.29, 0.717) is 31.4 Å². The second-order valence-electron chi connectivity index (χ2n) is 6.92. The Morgan fingerprint density at radius 3 is 2.54 bits per heavy atom. The number of nitrogens with one attached hydrogen (secondary N) is 1. The zero-order valence-electron chi connectivity index (χ0n) is 15.2. The Morgan fingerprint density at radius 1 is 1.27 bits per heavy atom. The molecule has 144 valence electrons. The number of nitrogens with zero attached hydrogens (tertiary/aromatic N) is 1. The van der Waals surface area contributed by atoms with Gasteiger partial charge in [0.25, 0.3) is 0 Å². The minimum Gasteiger partial charge on any atom is -0.491 e. The first-order valence-corrected chi connectivity index (χ1v) is 9.24. The van der Waals surface area contributed by atoms with Crippen LogP contribution in [0.25, 0.3) is 0 Å². The Balaban J connectivity index is 1.35. The van der Waals surface area contributed by atoms with Crippen molar-refractivity contribution in [1.29, 1.82) is 0 Å². The number of likely N-dealkylation sites (tertiary alicyclic amines) is 1. The van der Waals surface area contributed by atoms with Crippen molar-refractivity contribution >= 4 is 11.6 Å². The number of β-amino-alcohol motifs (C(OH)–C–C–N with tert-alkyl or cyclic N) is 1. The van der Waals surface area contributed by atoms with Crippen molar-refractivity contribution in [3.05, 3.63) is 24.3 Å². The molecule has 1 aromatic rings. The third-order valence-corrected chi connectivity index (χ3v) is 4.75. The van der Waals surface area contributed by atoms with Crippen molar-refractivity contribution in [2.75, 3.05) is 44.8 Å². The summed E-state index contributed by atoms with van der Waals surface area (Å²) in [5, 5.41) is 12.9. The van der Waals surface area contributed by atoms with E-state index in [0.717, 1.165) is 31.6 Å². The molecule has 0 aromatic heterocycles. The largest absolute Gasteiger partial charge is 0.491 e. The number of aliphatic hydroxyl groups is 1. The topological polar surface area (TPSA) is 80.3 Å². The van der Waals surface area contributed by atoms with Crippen LogP contribution in [0.1, 0.15) is 19.8 Å². The number of ether oxygens (including phenoxy) is 3. The minimum absolute atomic E-state index is 0.0362. The van der Waals surface area contributed by atoms with Gasteiger partial charge < -0.3 is 29.5 Å². The van der Waals surface area contributed by atoms with E-state index >= 15 is 0 Å². The number of anilines is 1. The summed E-state index contributed by atoms with van der Waals surface area (Å²) in [5.74, 6) is 1.03. The molecule has 2 aliphatic heterocycles. The molecule has 1 aromatic carbocycles. The van der Waals surface area contributed by atoms with Crippen LogP contribution < -0.4 is 10.1 Å². The van der Waals surface area contributed by atoms with E-state index in [1.165, 1.54) is 6.92 Å². The normalized spacial score (nSPS) is 20.8. The van der Waals surface area contributed by atoms with Crippen molar-refractivity contribution < 1.29 is 24.1 Å². The molecule has 2 heterocycles. The van der Waals surface area contributed by atoms with Gasteiger partial charge in [-0.2, -0.15) is 0 Å². The van der Waals surface area contributed by atoms with Crippen LogP contribution in [0, 0.1) is 5.92 Å². The van der Waals surface area contributed by atoms with E-state index in [4.69, 9.17) is 14.2 Å². The molecule has 2 aliphatic rings. The van der Waals surface area contributed by atoms with Gasteiger partial charge in [-0.05, 0) is 50.2 Å². The lowest BCUT2D eigenvalue weighted by Gasteiger charge is -2.34. The van der Waals surface area contributed by atoms with E-state index < -0.39 is 6.10 Å².